The molecule has 0 unspecified atom stereocenters. The fourth-order valence-electron chi connectivity index (χ4n) is 5.08. The number of carbonyl (C=O) groups is 1. The maximum absolute atomic E-state index is 11.9. The van der Waals surface area contributed by atoms with Crippen molar-refractivity contribution in [1.82, 2.24) is 10.2 Å². The van der Waals surface area contributed by atoms with Gasteiger partial charge in [-0.15, -0.1) is 24.0 Å². The van der Waals surface area contributed by atoms with Crippen LogP contribution >= 0.6 is 24.0 Å². The van der Waals surface area contributed by atoms with Gasteiger partial charge in [0, 0.05) is 25.0 Å². The number of likely N-dealkylation sites (tertiary alicyclic amines) is 1. The number of nitrogens with one attached hydrogen (secondary N) is 1. The van der Waals surface area contributed by atoms with Crippen molar-refractivity contribution in [2.75, 3.05) is 47.5 Å². The highest BCUT2D eigenvalue weighted by Crippen LogP contribution is 2.42. The second-order valence-electron chi connectivity index (χ2n) is 8.87. The van der Waals surface area contributed by atoms with Crippen LogP contribution in [0.4, 0.5) is 0 Å². The summed E-state index contributed by atoms with van der Waals surface area (Å²) in [5.74, 6) is 2.38. The first-order chi connectivity index (χ1) is 15.6. The lowest BCUT2D eigenvalue weighted by Crippen LogP contribution is -2.47. The Morgan fingerprint density at radius 2 is 1.76 bits per heavy atom. The number of aliphatic imine (C=N–C) groups is 1. The fourth-order valence-corrected chi connectivity index (χ4v) is 5.08. The fraction of sp³-hybridized carbons (Fsp3) is 0.680. The molecule has 1 heterocycles. The first-order valence-electron chi connectivity index (χ1n) is 11.9. The van der Waals surface area contributed by atoms with Crippen molar-refractivity contribution in [1.29, 1.82) is 0 Å². The number of piperidine rings is 1. The first kappa shape index (κ1) is 27.5. The molecule has 0 amide bonds. The van der Waals surface area contributed by atoms with Gasteiger partial charge in [-0.05, 0) is 50.3 Å². The maximum Gasteiger partial charge on any atom is 0.308 e. The number of halogens is 1. The molecule has 1 aromatic carbocycles. The van der Waals surface area contributed by atoms with Crippen LogP contribution in [0.2, 0.25) is 0 Å². The summed E-state index contributed by atoms with van der Waals surface area (Å²) < 4.78 is 16.0. The highest BCUT2D eigenvalue weighted by molar-refractivity contribution is 14.0. The number of ether oxygens (including phenoxy) is 3. The van der Waals surface area contributed by atoms with E-state index < -0.39 is 0 Å². The molecular formula is C25H40IN3O4. The SMILES string of the molecule is CCNC(=NCC1(c2ccc(OC)c(OC)c2)CCCCC1)N1CCC(C(=O)OC)CC1.I. The molecule has 7 nitrogen and oxygen atoms in total. The third-order valence-electron chi connectivity index (χ3n) is 7.00. The molecular weight excluding hydrogens is 533 g/mol. The predicted molar refractivity (Wildman–Crippen MR) is 142 cm³/mol. The quantitative estimate of drug-likeness (QED) is 0.226. The van der Waals surface area contributed by atoms with Crippen LogP contribution in [0.25, 0.3) is 0 Å². The average molecular weight is 574 g/mol. The Morgan fingerprint density at radius 1 is 1.09 bits per heavy atom. The van der Waals surface area contributed by atoms with E-state index in [0.29, 0.717) is 0 Å². The van der Waals surface area contributed by atoms with E-state index in [-0.39, 0.29) is 41.3 Å². The number of hydrogen-bond acceptors (Lipinski definition) is 5. The van der Waals surface area contributed by atoms with Crippen LogP contribution < -0.4 is 14.8 Å². The van der Waals surface area contributed by atoms with Crippen molar-refractivity contribution >= 4 is 35.9 Å². The zero-order chi connectivity index (χ0) is 23.0. The number of carbonyl (C=O) groups excluding carboxylic acids is 1. The molecule has 1 N–H and O–H groups in total. The van der Waals surface area contributed by atoms with Crippen LogP contribution in [0.5, 0.6) is 11.5 Å². The van der Waals surface area contributed by atoms with E-state index in [9.17, 15) is 4.79 Å². The van der Waals surface area contributed by atoms with E-state index in [1.165, 1.54) is 31.9 Å². The maximum atomic E-state index is 11.9. The van der Waals surface area contributed by atoms with Crippen LogP contribution in [-0.4, -0.2) is 64.3 Å². The lowest BCUT2D eigenvalue weighted by molar-refractivity contribution is -0.146. The Labute approximate surface area is 215 Å². The van der Waals surface area contributed by atoms with E-state index >= 15 is 0 Å². The van der Waals surface area contributed by atoms with Crippen molar-refractivity contribution in [3.63, 3.8) is 0 Å². The van der Waals surface area contributed by atoms with Crippen molar-refractivity contribution in [2.24, 2.45) is 10.9 Å². The molecule has 8 heteroatoms. The molecule has 1 aromatic rings. The smallest absolute Gasteiger partial charge is 0.308 e. The van der Waals surface area contributed by atoms with Crippen molar-refractivity contribution in [2.45, 2.75) is 57.3 Å². The van der Waals surface area contributed by atoms with E-state index in [1.54, 1.807) is 14.2 Å². The lowest BCUT2D eigenvalue weighted by atomic mass is 9.69. The van der Waals surface area contributed by atoms with Gasteiger partial charge in [0.2, 0.25) is 0 Å². The number of nitrogens with zero attached hydrogens (tertiary/aromatic N) is 2. The largest absolute Gasteiger partial charge is 0.493 e. The Hall–Kier alpha value is -1.71. The van der Waals surface area contributed by atoms with E-state index in [2.05, 4.69) is 29.3 Å². The normalized spacial score (nSPS) is 18.8. The Bertz CT molecular complexity index is 788. The van der Waals surface area contributed by atoms with E-state index in [4.69, 9.17) is 19.2 Å². The van der Waals surface area contributed by atoms with Gasteiger partial charge in [0.15, 0.2) is 17.5 Å². The van der Waals surface area contributed by atoms with E-state index in [1.807, 2.05) is 6.07 Å². The van der Waals surface area contributed by atoms with Gasteiger partial charge in [-0.25, -0.2) is 0 Å². The second-order valence-corrected chi connectivity index (χ2v) is 8.87. The van der Waals surface area contributed by atoms with Crippen molar-refractivity contribution < 1.29 is 19.0 Å². The minimum atomic E-state index is -0.0961. The third kappa shape index (κ3) is 6.67. The molecule has 1 aliphatic heterocycles. The number of esters is 1. The van der Waals surface area contributed by atoms with Crippen molar-refractivity contribution in [3.05, 3.63) is 23.8 Å². The molecule has 0 radical (unpaired) electrons. The highest BCUT2D eigenvalue weighted by atomic mass is 127. The van der Waals surface area contributed by atoms with E-state index in [0.717, 1.165) is 69.3 Å². The number of guanidine groups is 1. The molecule has 0 atom stereocenters. The minimum Gasteiger partial charge on any atom is -0.493 e. The summed E-state index contributed by atoms with van der Waals surface area (Å²) in [4.78, 5) is 19.3. The molecule has 1 saturated heterocycles. The number of rotatable bonds is 7. The van der Waals surface area contributed by atoms with Gasteiger partial charge < -0.3 is 24.4 Å². The van der Waals surface area contributed by atoms with Crippen LogP contribution in [0.15, 0.2) is 23.2 Å². The summed E-state index contributed by atoms with van der Waals surface area (Å²) >= 11 is 0. The monoisotopic (exact) mass is 573 g/mol. The van der Waals surface area contributed by atoms with Gasteiger partial charge in [0.25, 0.3) is 0 Å². The first-order valence-corrected chi connectivity index (χ1v) is 11.9. The lowest BCUT2D eigenvalue weighted by Gasteiger charge is -2.38. The Balaban J connectivity index is 0.00000385. The van der Waals surface area contributed by atoms with Crippen LogP contribution in [-0.2, 0) is 14.9 Å². The van der Waals surface area contributed by atoms with Crippen LogP contribution in [0.3, 0.4) is 0 Å². The second kappa shape index (κ2) is 13.2. The van der Waals surface area contributed by atoms with Crippen LogP contribution in [0.1, 0.15) is 57.4 Å². The van der Waals surface area contributed by atoms with Crippen molar-refractivity contribution in [3.8, 4) is 11.5 Å². The third-order valence-corrected chi connectivity index (χ3v) is 7.00. The van der Waals surface area contributed by atoms with Gasteiger partial charge in [-0.3, -0.25) is 9.79 Å². The molecule has 0 spiro atoms. The molecule has 3 rings (SSSR count). The molecule has 2 fully saturated rings. The zero-order valence-electron chi connectivity index (χ0n) is 20.5. The van der Waals surface area contributed by atoms with Crippen LogP contribution in [0, 0.1) is 5.92 Å². The summed E-state index contributed by atoms with van der Waals surface area (Å²) in [5, 5.41) is 3.47. The Kier molecular flexibility index (Phi) is 11.1. The average Bonchev–Trinajstić information content (AvgIpc) is 2.86. The molecule has 0 aromatic heterocycles. The van der Waals surface area contributed by atoms with Gasteiger partial charge in [0.1, 0.15) is 0 Å². The summed E-state index contributed by atoms with van der Waals surface area (Å²) in [7, 11) is 4.83. The number of methoxy groups -OCH3 is 3. The predicted octanol–water partition coefficient (Wildman–Crippen LogP) is 4.37. The zero-order valence-corrected chi connectivity index (χ0v) is 22.9. The molecule has 0 bridgehead atoms. The highest BCUT2D eigenvalue weighted by Gasteiger charge is 2.35. The van der Waals surface area contributed by atoms with Gasteiger partial charge in [0.05, 0.1) is 33.8 Å². The summed E-state index contributed by atoms with van der Waals surface area (Å²) in [5.41, 5.74) is 1.28. The minimum absolute atomic E-state index is 0. The molecule has 186 valence electrons. The number of hydrogen-bond donors (Lipinski definition) is 1. The standard InChI is InChI=1S/C25H39N3O4.HI/c1-5-26-24(28-15-11-19(12-16-28)23(29)32-4)27-18-25(13-7-6-8-14-25)20-9-10-21(30-2)22(17-20)31-3;/h9-10,17,19H,5-8,11-16,18H2,1-4H3,(H,26,27);1H. The van der Waals surface area contributed by atoms with Gasteiger partial charge in [-0.2, -0.15) is 0 Å². The van der Waals surface area contributed by atoms with Gasteiger partial charge in [-0.1, -0.05) is 25.3 Å². The summed E-state index contributed by atoms with van der Waals surface area (Å²) in [6, 6.07) is 6.32. The Morgan fingerprint density at radius 3 is 2.33 bits per heavy atom. The number of benzene rings is 1. The topological polar surface area (TPSA) is 72.4 Å². The summed E-state index contributed by atoms with van der Waals surface area (Å²) in [6.07, 6.45) is 7.55. The molecule has 1 aliphatic carbocycles. The molecule has 1 saturated carbocycles. The van der Waals surface area contributed by atoms with Gasteiger partial charge >= 0.3 is 5.97 Å². The summed E-state index contributed by atoms with van der Waals surface area (Å²) in [6.45, 7) is 5.28. The molecule has 2 aliphatic rings. The molecule has 33 heavy (non-hydrogen) atoms.